The van der Waals surface area contributed by atoms with Gasteiger partial charge in [-0.3, -0.25) is 9.59 Å². The van der Waals surface area contributed by atoms with Gasteiger partial charge in [-0.1, -0.05) is 31.5 Å². The van der Waals surface area contributed by atoms with Crippen molar-refractivity contribution in [3.05, 3.63) is 28.8 Å². The first-order chi connectivity index (χ1) is 8.02. The van der Waals surface area contributed by atoms with E-state index in [0.29, 0.717) is 28.7 Å². The lowest BCUT2D eigenvalue weighted by molar-refractivity contribution is -0.114. The summed E-state index contributed by atoms with van der Waals surface area (Å²) in [6, 6.07) is 5.16. The number of nitrogens with zero attached hydrogens (tertiary/aromatic N) is 1. The second-order valence-electron chi connectivity index (χ2n) is 4.60. The zero-order valence-electron chi connectivity index (χ0n) is 9.87. The summed E-state index contributed by atoms with van der Waals surface area (Å²) in [5, 5.41) is 0.355. The molecular formula is C13H14ClNO2. The average molecular weight is 252 g/mol. The molecule has 0 bridgehead atoms. The van der Waals surface area contributed by atoms with Crippen molar-refractivity contribution >= 4 is 29.0 Å². The highest BCUT2D eigenvalue weighted by Crippen LogP contribution is 2.34. The van der Waals surface area contributed by atoms with E-state index in [4.69, 9.17) is 11.6 Å². The van der Waals surface area contributed by atoms with E-state index in [1.165, 1.54) is 4.90 Å². The first-order valence-electron chi connectivity index (χ1n) is 5.67. The summed E-state index contributed by atoms with van der Waals surface area (Å²) >= 11 is 5.96. The van der Waals surface area contributed by atoms with E-state index in [1.807, 2.05) is 0 Å². The lowest BCUT2D eigenvalue weighted by Crippen LogP contribution is -2.31. The summed E-state index contributed by atoms with van der Waals surface area (Å²) in [5.74, 6) is -0.468. The van der Waals surface area contributed by atoms with Gasteiger partial charge in [0.05, 0.1) is 16.3 Å². The molecule has 2 rings (SSSR count). The molecule has 0 aliphatic carbocycles. The third-order valence-electron chi connectivity index (χ3n) is 2.88. The molecule has 0 N–H and O–H groups in total. The number of Topliss-reactive ketones (excluding diaryl/α,β-unsaturated/α-hetero) is 1. The van der Waals surface area contributed by atoms with Crippen LogP contribution in [0.15, 0.2) is 18.2 Å². The van der Waals surface area contributed by atoms with Crippen LogP contribution in [0.3, 0.4) is 0 Å². The molecule has 0 aromatic heterocycles. The normalized spacial score (nSPS) is 14.7. The number of benzene rings is 1. The Morgan fingerprint density at radius 1 is 1.29 bits per heavy atom. The van der Waals surface area contributed by atoms with E-state index in [9.17, 15) is 9.59 Å². The number of hydrogen-bond acceptors (Lipinski definition) is 2. The van der Waals surface area contributed by atoms with Crippen LogP contribution < -0.4 is 4.90 Å². The fraction of sp³-hybridized carbons (Fsp3) is 0.385. The van der Waals surface area contributed by atoms with Crippen LogP contribution in [0.5, 0.6) is 0 Å². The van der Waals surface area contributed by atoms with Crippen LogP contribution in [0.1, 0.15) is 30.6 Å². The Morgan fingerprint density at radius 3 is 2.65 bits per heavy atom. The maximum absolute atomic E-state index is 11.8. The highest BCUT2D eigenvalue weighted by Gasteiger charge is 2.36. The van der Waals surface area contributed by atoms with Crippen LogP contribution in [-0.2, 0) is 4.79 Å². The number of anilines is 1. The van der Waals surface area contributed by atoms with Gasteiger partial charge in [0.25, 0.3) is 11.7 Å². The van der Waals surface area contributed by atoms with Crippen LogP contribution in [0.25, 0.3) is 0 Å². The summed E-state index contributed by atoms with van der Waals surface area (Å²) in [6.07, 6.45) is 0.866. The van der Waals surface area contributed by atoms with Gasteiger partial charge in [0.2, 0.25) is 0 Å². The monoisotopic (exact) mass is 251 g/mol. The van der Waals surface area contributed by atoms with Gasteiger partial charge in [-0.25, -0.2) is 0 Å². The highest BCUT2D eigenvalue weighted by molar-refractivity contribution is 6.55. The molecule has 17 heavy (non-hydrogen) atoms. The number of fused-ring (bicyclic) bond motifs is 1. The van der Waals surface area contributed by atoms with Crippen LogP contribution in [0.2, 0.25) is 5.02 Å². The minimum atomic E-state index is -0.491. The van der Waals surface area contributed by atoms with E-state index < -0.39 is 11.7 Å². The average Bonchev–Trinajstić information content (AvgIpc) is 2.51. The first kappa shape index (κ1) is 12.1. The fourth-order valence-electron chi connectivity index (χ4n) is 1.91. The van der Waals surface area contributed by atoms with Crippen LogP contribution in [0, 0.1) is 5.92 Å². The Labute approximate surface area is 105 Å². The lowest BCUT2D eigenvalue weighted by Gasteiger charge is -2.17. The van der Waals surface area contributed by atoms with Crippen LogP contribution in [0.4, 0.5) is 5.69 Å². The Morgan fingerprint density at radius 2 is 2.00 bits per heavy atom. The molecule has 0 unspecified atom stereocenters. The SMILES string of the molecule is CC(C)CCN1C(=O)C(=O)c2c(Cl)cccc21. The lowest BCUT2D eigenvalue weighted by atomic mass is 10.1. The molecule has 1 aliphatic rings. The van der Waals surface area contributed by atoms with Gasteiger partial charge in [0.1, 0.15) is 0 Å². The zero-order valence-corrected chi connectivity index (χ0v) is 10.6. The number of hydrogen-bond donors (Lipinski definition) is 0. The smallest absolute Gasteiger partial charge is 0.299 e. The summed E-state index contributed by atoms with van der Waals surface area (Å²) in [5.41, 5.74) is 0.996. The molecule has 0 fully saturated rings. The van der Waals surface area contributed by atoms with Gasteiger partial charge in [-0.15, -0.1) is 0 Å². The Hall–Kier alpha value is -1.35. The highest BCUT2D eigenvalue weighted by atomic mass is 35.5. The Bertz CT molecular complexity index is 482. The number of carbonyl (C=O) groups excluding carboxylic acids is 2. The first-order valence-corrected chi connectivity index (χ1v) is 6.05. The molecular weight excluding hydrogens is 238 g/mol. The topological polar surface area (TPSA) is 37.4 Å². The van der Waals surface area contributed by atoms with Crippen molar-refractivity contribution in [3.63, 3.8) is 0 Å². The predicted molar refractivity (Wildman–Crippen MR) is 67.6 cm³/mol. The Balaban J connectivity index is 2.35. The van der Waals surface area contributed by atoms with Gasteiger partial charge in [0, 0.05) is 6.54 Å². The molecule has 0 saturated heterocycles. The van der Waals surface area contributed by atoms with Crippen molar-refractivity contribution in [3.8, 4) is 0 Å². The molecule has 0 saturated carbocycles. The molecule has 3 nitrogen and oxygen atoms in total. The quantitative estimate of drug-likeness (QED) is 0.775. The molecule has 0 radical (unpaired) electrons. The van der Waals surface area contributed by atoms with Crippen LogP contribution in [-0.4, -0.2) is 18.2 Å². The third kappa shape index (κ3) is 2.07. The third-order valence-corrected chi connectivity index (χ3v) is 3.19. The number of halogens is 1. The molecule has 90 valence electrons. The van der Waals surface area contributed by atoms with Crippen molar-refractivity contribution in [1.82, 2.24) is 0 Å². The number of rotatable bonds is 3. The van der Waals surface area contributed by atoms with Gasteiger partial charge in [-0.05, 0) is 24.5 Å². The van der Waals surface area contributed by atoms with E-state index in [-0.39, 0.29) is 0 Å². The molecule has 1 heterocycles. The maximum Gasteiger partial charge on any atom is 0.299 e. The van der Waals surface area contributed by atoms with Crippen molar-refractivity contribution in [2.75, 3.05) is 11.4 Å². The molecule has 1 aliphatic heterocycles. The summed E-state index contributed by atoms with van der Waals surface area (Å²) < 4.78 is 0. The van der Waals surface area contributed by atoms with Gasteiger partial charge < -0.3 is 4.90 Å². The molecule has 1 aromatic carbocycles. The second kappa shape index (κ2) is 4.49. The van der Waals surface area contributed by atoms with E-state index in [1.54, 1.807) is 18.2 Å². The molecule has 0 atom stereocenters. The predicted octanol–water partition coefficient (Wildman–Crippen LogP) is 2.92. The molecule has 0 spiro atoms. The van der Waals surface area contributed by atoms with Gasteiger partial charge >= 0.3 is 0 Å². The summed E-state index contributed by atoms with van der Waals surface area (Å²) in [4.78, 5) is 25.2. The molecule has 1 amide bonds. The fourth-order valence-corrected chi connectivity index (χ4v) is 2.17. The summed E-state index contributed by atoms with van der Waals surface area (Å²) in [6.45, 7) is 4.73. The largest absolute Gasteiger partial charge is 0.305 e. The minimum Gasteiger partial charge on any atom is -0.305 e. The van der Waals surface area contributed by atoms with Crippen molar-refractivity contribution in [2.24, 2.45) is 5.92 Å². The minimum absolute atomic E-state index is 0.350. The molecule has 4 heteroatoms. The number of ketones is 1. The molecule has 1 aromatic rings. The standard InChI is InChI=1S/C13H14ClNO2/c1-8(2)6-7-15-10-5-3-4-9(14)11(10)12(16)13(15)17/h3-5,8H,6-7H2,1-2H3. The van der Waals surface area contributed by atoms with E-state index in [2.05, 4.69) is 13.8 Å². The maximum atomic E-state index is 11.8. The second-order valence-corrected chi connectivity index (χ2v) is 5.01. The Kier molecular flexibility index (Phi) is 3.20. The van der Waals surface area contributed by atoms with Gasteiger partial charge in [0.15, 0.2) is 0 Å². The van der Waals surface area contributed by atoms with Crippen molar-refractivity contribution < 1.29 is 9.59 Å². The summed E-state index contributed by atoms with van der Waals surface area (Å²) in [7, 11) is 0. The van der Waals surface area contributed by atoms with Crippen molar-refractivity contribution in [2.45, 2.75) is 20.3 Å². The number of carbonyl (C=O) groups is 2. The van der Waals surface area contributed by atoms with E-state index >= 15 is 0 Å². The van der Waals surface area contributed by atoms with Crippen molar-refractivity contribution in [1.29, 1.82) is 0 Å². The number of amides is 1. The van der Waals surface area contributed by atoms with Gasteiger partial charge in [-0.2, -0.15) is 0 Å². The van der Waals surface area contributed by atoms with E-state index in [0.717, 1.165) is 6.42 Å². The van der Waals surface area contributed by atoms with Crippen LogP contribution >= 0.6 is 11.6 Å². The zero-order chi connectivity index (χ0) is 12.6.